The normalized spacial score (nSPS) is 26.8. The van der Waals surface area contributed by atoms with E-state index in [0.717, 1.165) is 25.7 Å². The molecule has 0 bridgehead atoms. The van der Waals surface area contributed by atoms with Gasteiger partial charge >= 0.3 is 47.8 Å². The molecular weight excluding hydrogens is 993 g/mol. The number of ether oxygens (including phenoxy) is 9. The molecule has 0 aromatic carbocycles. The molecule has 6 unspecified atom stereocenters. The van der Waals surface area contributed by atoms with Crippen LogP contribution in [0.25, 0.3) is 0 Å². The van der Waals surface area contributed by atoms with E-state index >= 15 is 0 Å². The number of carbonyl (C=O) groups is 8. The molecule has 0 amide bonds. The third-order valence-electron chi connectivity index (χ3n) is 15.2. The van der Waals surface area contributed by atoms with E-state index in [4.69, 9.17) is 42.6 Å². The third kappa shape index (κ3) is 22.4. The number of rotatable bonds is 13. The van der Waals surface area contributed by atoms with Gasteiger partial charge in [0.2, 0.25) is 0 Å². The first-order valence-electron chi connectivity index (χ1n) is 25.3. The zero-order valence-corrected chi connectivity index (χ0v) is 47.6. The van der Waals surface area contributed by atoms with Gasteiger partial charge < -0.3 is 42.6 Å². The quantitative estimate of drug-likeness (QED) is 0.124. The fourth-order valence-electron chi connectivity index (χ4n) is 7.38. The number of esters is 8. The first kappa shape index (κ1) is 84.0. The molecule has 0 saturated carbocycles. The lowest BCUT2D eigenvalue weighted by molar-refractivity contribution is -0.184. The lowest BCUT2D eigenvalue weighted by atomic mass is 9.81. The molecule has 5 aliphatic rings. The molecule has 17 heteroatoms. The fourth-order valence-corrected chi connectivity index (χ4v) is 7.38. The van der Waals surface area contributed by atoms with E-state index in [1.807, 2.05) is 104 Å². The van der Waals surface area contributed by atoms with Crippen molar-refractivity contribution >= 4 is 47.8 Å². The summed E-state index contributed by atoms with van der Waals surface area (Å²) in [5.41, 5.74) is -5.50. The van der Waals surface area contributed by atoms with Crippen molar-refractivity contribution in [2.75, 3.05) is 20.3 Å². The molecule has 5 aliphatic heterocycles. The highest BCUT2D eigenvalue weighted by Gasteiger charge is 2.56. The summed E-state index contributed by atoms with van der Waals surface area (Å²) in [6.45, 7) is 40.0. The van der Waals surface area contributed by atoms with E-state index in [1.54, 1.807) is 41.5 Å². The molecule has 17 nitrogen and oxygen atoms in total. The fraction of sp³-hybridized carbons (Fsp3) is 0.867. The van der Waals surface area contributed by atoms with Crippen molar-refractivity contribution in [3.05, 3.63) is 0 Å². The van der Waals surface area contributed by atoms with Crippen molar-refractivity contribution < 1.29 is 81.0 Å². The monoisotopic (exact) mass is 1110 g/mol. The van der Waals surface area contributed by atoms with Gasteiger partial charge in [-0.05, 0) is 149 Å². The number of hydrogen-bond donors (Lipinski definition) is 0. The van der Waals surface area contributed by atoms with Crippen LogP contribution < -0.4 is 0 Å². The van der Waals surface area contributed by atoms with Crippen LogP contribution in [0.2, 0.25) is 0 Å². The first-order valence-corrected chi connectivity index (χ1v) is 25.3. The molecule has 0 spiro atoms. The predicted molar refractivity (Wildman–Crippen MR) is 305 cm³/mol. The van der Waals surface area contributed by atoms with E-state index in [-0.39, 0.29) is 135 Å². The van der Waals surface area contributed by atoms with Crippen LogP contribution in [0, 0.1) is 27.1 Å². The van der Waals surface area contributed by atoms with Gasteiger partial charge in [-0.1, -0.05) is 79.2 Å². The van der Waals surface area contributed by atoms with E-state index in [1.165, 1.54) is 7.11 Å². The Morgan fingerprint density at radius 2 is 0.961 bits per heavy atom. The van der Waals surface area contributed by atoms with Crippen molar-refractivity contribution in [1.29, 1.82) is 0 Å². The summed E-state index contributed by atoms with van der Waals surface area (Å²) < 4.78 is 46.9. The molecule has 0 radical (unpaired) electrons. The van der Waals surface area contributed by atoms with Crippen LogP contribution in [-0.2, 0) is 81.0 Å². The molecule has 6 atom stereocenters. The van der Waals surface area contributed by atoms with Gasteiger partial charge in [0, 0.05) is 13.5 Å². The molecule has 0 aromatic rings. The average molecular weight is 1110 g/mol. The highest BCUT2D eigenvalue weighted by molar-refractivity contribution is 5.81. The molecule has 5 heterocycles. The van der Waals surface area contributed by atoms with Crippen LogP contribution in [-0.4, -0.2) is 108 Å². The molecule has 5 saturated heterocycles. The first-order chi connectivity index (χ1) is 32.1. The standard InChI is InChI=1S/C13H22O5.C13H22O4.C12H20O4.C9H16O2.C7H12O2.6CH4/c1-6-12(2,3)11(15)17-9-7-10(14)18-13(9,4)8-16-5;1-7-11(2,3)10(15)17-13(6)8-9(14)16-12(13,4)5;1-6-11(2,3)10(14)15-8-7-9(13)16-12(8,4)5;1-5-9(4)6-8(2,3)11-7(9)10;1-3-7(2)4-5-9-6(7)8;;;;;;/h9H,6-8H2,1-5H3;7-8H2,1-6H3;8H,6-7H2,1-5H3;5-6H2,1-4H3;3-5H2,1-2H3;6*1H4. The topological polar surface area (TPSA) is 220 Å². The zero-order valence-electron chi connectivity index (χ0n) is 47.6. The summed E-state index contributed by atoms with van der Waals surface area (Å²) in [6.07, 6.45) is 4.87. The number of methoxy groups -OCH3 is 1. The second-order valence-corrected chi connectivity index (χ2v) is 24.0. The molecule has 0 aromatic heterocycles. The third-order valence-corrected chi connectivity index (χ3v) is 15.2. The van der Waals surface area contributed by atoms with Gasteiger partial charge in [0.1, 0.15) is 16.8 Å². The summed E-state index contributed by atoms with van der Waals surface area (Å²) in [6, 6.07) is 0. The predicted octanol–water partition coefficient (Wildman–Crippen LogP) is 13.5. The van der Waals surface area contributed by atoms with Crippen molar-refractivity contribution in [3.8, 4) is 0 Å². The van der Waals surface area contributed by atoms with Crippen molar-refractivity contribution in [1.82, 2.24) is 0 Å². The van der Waals surface area contributed by atoms with Crippen LogP contribution in [0.3, 0.4) is 0 Å². The molecule has 5 rings (SSSR count). The molecule has 5 fully saturated rings. The van der Waals surface area contributed by atoms with Gasteiger partial charge in [0.05, 0.1) is 59.6 Å². The number of cyclic esters (lactones) is 5. The number of carbonyl (C=O) groups excluding carboxylic acids is 8. The maximum atomic E-state index is 12.1. The van der Waals surface area contributed by atoms with Crippen LogP contribution in [0.15, 0.2) is 0 Å². The maximum Gasteiger partial charge on any atom is 0.312 e. The van der Waals surface area contributed by atoms with Crippen molar-refractivity contribution in [3.63, 3.8) is 0 Å². The Balaban J connectivity index is -0.000000204. The van der Waals surface area contributed by atoms with E-state index in [2.05, 4.69) is 0 Å². The minimum Gasteiger partial charge on any atom is -0.465 e. The van der Waals surface area contributed by atoms with Gasteiger partial charge in [-0.3, -0.25) is 38.4 Å². The van der Waals surface area contributed by atoms with E-state index < -0.39 is 50.9 Å². The van der Waals surface area contributed by atoms with Crippen LogP contribution in [0.1, 0.15) is 254 Å². The summed E-state index contributed by atoms with van der Waals surface area (Å²) in [5.74, 6) is -1.91. The second kappa shape index (κ2) is 31.5. The smallest absolute Gasteiger partial charge is 0.312 e. The lowest BCUT2D eigenvalue weighted by Gasteiger charge is -2.36. The van der Waals surface area contributed by atoms with Crippen LogP contribution in [0.5, 0.6) is 0 Å². The Labute approximate surface area is 469 Å². The molecule has 0 N–H and O–H groups in total. The summed E-state index contributed by atoms with van der Waals surface area (Å²) in [7, 11) is 1.52. The molecule has 458 valence electrons. The van der Waals surface area contributed by atoms with Crippen molar-refractivity contribution in [2.45, 2.75) is 294 Å². The minimum absolute atomic E-state index is 0. The van der Waals surface area contributed by atoms with Gasteiger partial charge in [-0.2, -0.15) is 0 Å². The minimum atomic E-state index is -0.884. The van der Waals surface area contributed by atoms with Gasteiger partial charge in [0.25, 0.3) is 0 Å². The van der Waals surface area contributed by atoms with Crippen LogP contribution in [0.4, 0.5) is 0 Å². The van der Waals surface area contributed by atoms with Gasteiger partial charge in [-0.25, -0.2) is 0 Å². The van der Waals surface area contributed by atoms with Crippen molar-refractivity contribution in [2.24, 2.45) is 27.1 Å². The Hall–Kier alpha value is -4.28. The van der Waals surface area contributed by atoms with Gasteiger partial charge in [0.15, 0.2) is 23.4 Å². The van der Waals surface area contributed by atoms with Gasteiger partial charge in [-0.15, -0.1) is 0 Å². The Morgan fingerprint density at radius 1 is 0.545 bits per heavy atom. The highest BCUT2D eigenvalue weighted by Crippen LogP contribution is 2.43. The van der Waals surface area contributed by atoms with Crippen LogP contribution >= 0.6 is 0 Å². The molecular formula is C60H116O17. The Bertz CT molecular complexity index is 1910. The maximum absolute atomic E-state index is 12.1. The average Bonchev–Trinajstić information content (AvgIpc) is 3.95. The zero-order chi connectivity index (χ0) is 55.6. The molecule has 77 heavy (non-hydrogen) atoms. The Morgan fingerprint density at radius 3 is 1.26 bits per heavy atom. The molecule has 0 aliphatic carbocycles. The van der Waals surface area contributed by atoms with E-state index in [0.29, 0.717) is 25.9 Å². The second-order valence-electron chi connectivity index (χ2n) is 24.0. The van der Waals surface area contributed by atoms with E-state index in [9.17, 15) is 38.4 Å². The summed E-state index contributed by atoms with van der Waals surface area (Å²) >= 11 is 0. The Kier molecular flexibility index (Phi) is 34.4. The lowest BCUT2D eigenvalue weighted by Crippen LogP contribution is -2.49. The largest absolute Gasteiger partial charge is 0.465 e. The number of hydrogen-bond acceptors (Lipinski definition) is 17. The highest BCUT2D eigenvalue weighted by atomic mass is 16.6. The SMILES string of the molecule is C.C.C.C.C.C.CCC(C)(C)C(=O)OC1(C)CC(=O)OC1(C)C.CCC(C)(C)C(=O)OC1CC(=O)OC1(C)C.CCC(C)(C)C(=O)OC1CC(=O)OC1(C)COC.CCC1(C)CC(C)(C)OC1=O.CCC1(C)CCOC1=O. The summed E-state index contributed by atoms with van der Waals surface area (Å²) in [4.78, 5) is 92.1. The summed E-state index contributed by atoms with van der Waals surface area (Å²) in [5, 5.41) is 0.